The highest BCUT2D eigenvalue weighted by molar-refractivity contribution is 8.00. The normalized spacial score (nSPS) is 18.0. The zero-order chi connectivity index (χ0) is 47.1. The van der Waals surface area contributed by atoms with Crippen LogP contribution in [-0.4, -0.2) is 79.1 Å². The third-order valence-corrected chi connectivity index (χ3v) is 12.9. The van der Waals surface area contributed by atoms with Crippen molar-refractivity contribution < 1.29 is 49.8 Å². The Morgan fingerprint density at radius 3 is 1.45 bits per heavy atom. The monoisotopic (exact) mass is 948 g/mol. The molecule has 4 atom stereocenters. The Morgan fingerprint density at radius 2 is 1.09 bits per heavy atom. The van der Waals surface area contributed by atoms with Crippen LogP contribution in [0.25, 0.3) is 11.4 Å². The zero-order valence-corrected chi connectivity index (χ0v) is 36.0. The van der Waals surface area contributed by atoms with Gasteiger partial charge in [-0.1, -0.05) is 0 Å². The first-order chi connectivity index (χ1) is 30.7. The molecule has 8 rings (SSSR count). The molecule has 4 heterocycles. The lowest BCUT2D eigenvalue weighted by molar-refractivity contribution is -0.145. The first-order valence-electron chi connectivity index (χ1n) is 19.7. The molecule has 0 radical (unpaired) electrons. The lowest BCUT2D eigenvalue weighted by Gasteiger charge is -2.36. The standard InChI is InChI=1S/C21H19F4N5OS.C11H9F3N4O2.C10H12FNS/c1-12-13(11-30(29-12)15-9-26-20(27-10-15)21(23,24)25)8-19(31)28-17-6-7-18(17)32-16-4-2-14(22)3-5-16;1-6-7(2-9(19)20)5-18(17-6)8-3-15-10(16-4-8)11(12,13)14;11-7-1-3-8(4-2-7)13-10-6-5-9(10)12/h2-5,9-11,17-18H,6-8H2,1H3,(H,28,31);3-5H,2H2,1H3,(H,19,20);1-4,9-10H,5-6,12H2. The summed E-state index contributed by atoms with van der Waals surface area (Å²) >= 11 is 3.37. The molecule has 2 saturated carbocycles. The van der Waals surface area contributed by atoms with E-state index >= 15 is 0 Å². The van der Waals surface area contributed by atoms with Crippen molar-refractivity contribution in [3.8, 4) is 11.4 Å². The van der Waals surface area contributed by atoms with Crippen LogP contribution in [0.4, 0.5) is 35.1 Å². The number of aromatic nitrogens is 8. The van der Waals surface area contributed by atoms with Gasteiger partial charge in [0.15, 0.2) is 0 Å². The summed E-state index contributed by atoms with van der Waals surface area (Å²) in [5, 5.41) is 20.8. The molecule has 0 bridgehead atoms. The molecule has 23 heteroatoms. The second kappa shape index (κ2) is 20.9. The SMILES string of the molecule is Cc1nn(-c2cnc(C(F)(F)F)nc2)cc1CC(=O)NC1CCC1Sc1ccc(F)cc1.Cc1nn(-c2cnc(C(F)(F)F)nc2)cc1CC(=O)O.NC1CCC1Sc1ccc(F)cc1. The third kappa shape index (κ3) is 13.5. The summed E-state index contributed by atoms with van der Waals surface area (Å²) < 4.78 is 103. The highest BCUT2D eigenvalue weighted by Crippen LogP contribution is 2.37. The van der Waals surface area contributed by atoms with Gasteiger partial charge in [-0.05, 0) is 88.1 Å². The molecule has 1 amide bonds. The minimum Gasteiger partial charge on any atom is -0.481 e. The highest BCUT2D eigenvalue weighted by atomic mass is 32.2. The maximum Gasteiger partial charge on any atom is 0.451 e. The number of carboxylic acid groups (broad SMARTS) is 1. The summed E-state index contributed by atoms with van der Waals surface area (Å²) in [5.41, 5.74) is 8.49. The molecule has 2 aliphatic rings. The molecular formula is C42H40F8N10O3S2. The number of halogens is 8. The van der Waals surface area contributed by atoms with Crippen LogP contribution in [0.15, 0.2) is 95.5 Å². The second-order valence-electron chi connectivity index (χ2n) is 14.9. The minimum absolute atomic E-state index is 0.0243. The van der Waals surface area contributed by atoms with E-state index in [1.165, 1.54) is 46.2 Å². The summed E-state index contributed by atoms with van der Waals surface area (Å²) in [4.78, 5) is 38.3. The molecule has 4 unspecified atom stereocenters. The van der Waals surface area contributed by atoms with Crippen LogP contribution >= 0.6 is 23.5 Å². The average Bonchev–Trinajstić information content (AvgIpc) is 3.81. The van der Waals surface area contributed by atoms with Gasteiger partial charge >= 0.3 is 18.3 Å². The first-order valence-corrected chi connectivity index (χ1v) is 21.5. The molecule has 2 aromatic carbocycles. The van der Waals surface area contributed by atoms with E-state index < -0.39 is 30.0 Å². The van der Waals surface area contributed by atoms with Crippen molar-refractivity contribution in [3.05, 3.63) is 132 Å². The number of nitrogens with one attached hydrogen (secondary N) is 1. The van der Waals surface area contributed by atoms with Gasteiger partial charge in [0, 0.05) is 55.9 Å². The fourth-order valence-corrected chi connectivity index (χ4v) is 8.63. The molecule has 6 aromatic rings. The summed E-state index contributed by atoms with van der Waals surface area (Å²) in [5.74, 6) is -4.11. The largest absolute Gasteiger partial charge is 0.481 e. The van der Waals surface area contributed by atoms with E-state index in [0.29, 0.717) is 33.8 Å². The molecular weight excluding hydrogens is 909 g/mol. The smallest absolute Gasteiger partial charge is 0.451 e. The number of hydrogen-bond acceptors (Lipinski definition) is 11. The number of carbonyl (C=O) groups excluding carboxylic acids is 1. The summed E-state index contributed by atoms with van der Waals surface area (Å²) in [7, 11) is 0. The van der Waals surface area contributed by atoms with Crippen molar-refractivity contribution in [2.24, 2.45) is 5.73 Å². The van der Waals surface area contributed by atoms with Crippen LogP contribution in [0.2, 0.25) is 0 Å². The lowest BCUT2D eigenvalue weighted by Crippen LogP contribution is -2.49. The molecule has 0 saturated heterocycles. The van der Waals surface area contributed by atoms with E-state index in [9.17, 15) is 44.7 Å². The number of aryl methyl sites for hydroxylation is 2. The van der Waals surface area contributed by atoms with Gasteiger partial charge in [-0.15, -0.1) is 23.5 Å². The molecule has 2 fully saturated rings. The van der Waals surface area contributed by atoms with Crippen molar-refractivity contribution in [2.75, 3.05) is 0 Å². The van der Waals surface area contributed by atoms with E-state index in [1.54, 1.807) is 55.7 Å². The summed E-state index contributed by atoms with van der Waals surface area (Å²) in [6.45, 7) is 3.33. The molecule has 4 N–H and O–H groups in total. The van der Waals surface area contributed by atoms with Gasteiger partial charge in [0.25, 0.3) is 0 Å². The number of alkyl halides is 6. The van der Waals surface area contributed by atoms with Crippen molar-refractivity contribution in [1.29, 1.82) is 0 Å². The van der Waals surface area contributed by atoms with E-state index in [0.717, 1.165) is 53.8 Å². The van der Waals surface area contributed by atoms with Crippen LogP contribution in [0, 0.1) is 25.5 Å². The molecule has 0 aliphatic heterocycles. The number of rotatable bonds is 11. The van der Waals surface area contributed by atoms with E-state index in [-0.39, 0.29) is 53.0 Å². The van der Waals surface area contributed by atoms with Crippen LogP contribution in [-0.2, 0) is 34.8 Å². The number of nitrogens with zero attached hydrogens (tertiary/aromatic N) is 8. The number of benzene rings is 2. The topological polar surface area (TPSA) is 180 Å². The van der Waals surface area contributed by atoms with Crippen molar-refractivity contribution in [1.82, 2.24) is 44.8 Å². The number of nitrogens with two attached hydrogens (primary N) is 1. The number of hydrogen-bond donors (Lipinski definition) is 3. The number of amides is 1. The number of aliphatic carboxylic acids is 1. The highest BCUT2D eigenvalue weighted by Gasteiger charge is 2.36. The molecule has 4 aromatic heterocycles. The average molecular weight is 949 g/mol. The predicted molar refractivity (Wildman–Crippen MR) is 223 cm³/mol. The van der Waals surface area contributed by atoms with Gasteiger partial charge in [0.1, 0.15) is 23.0 Å². The Kier molecular flexibility index (Phi) is 15.6. The summed E-state index contributed by atoms with van der Waals surface area (Å²) in [6, 6.07) is 13.2. The Balaban J connectivity index is 0.000000180. The molecule has 65 heavy (non-hydrogen) atoms. The summed E-state index contributed by atoms with van der Waals surface area (Å²) in [6.07, 6.45) is 1.84. The van der Waals surface area contributed by atoms with Gasteiger partial charge in [0.05, 0.1) is 49.0 Å². The van der Waals surface area contributed by atoms with Gasteiger partial charge in [-0.2, -0.15) is 36.5 Å². The van der Waals surface area contributed by atoms with Crippen LogP contribution in [0.3, 0.4) is 0 Å². The van der Waals surface area contributed by atoms with Crippen LogP contribution in [0.5, 0.6) is 0 Å². The lowest BCUT2D eigenvalue weighted by atomic mass is 9.92. The van der Waals surface area contributed by atoms with E-state index in [1.807, 2.05) is 12.1 Å². The maximum absolute atomic E-state index is 13.1. The molecule has 13 nitrogen and oxygen atoms in total. The van der Waals surface area contributed by atoms with Crippen molar-refractivity contribution in [2.45, 2.75) is 97.1 Å². The van der Waals surface area contributed by atoms with E-state index in [4.69, 9.17) is 10.8 Å². The van der Waals surface area contributed by atoms with Crippen molar-refractivity contribution >= 4 is 35.4 Å². The number of carbonyl (C=O) groups is 2. The van der Waals surface area contributed by atoms with E-state index in [2.05, 4.69) is 35.5 Å². The second-order valence-corrected chi connectivity index (χ2v) is 17.5. The van der Waals surface area contributed by atoms with Crippen LogP contribution < -0.4 is 11.1 Å². The van der Waals surface area contributed by atoms with Gasteiger partial charge in [0.2, 0.25) is 17.6 Å². The fourth-order valence-electron chi connectivity index (χ4n) is 6.16. The molecule has 344 valence electrons. The Bertz CT molecular complexity index is 2540. The Morgan fingerprint density at radius 1 is 0.677 bits per heavy atom. The maximum atomic E-state index is 13.1. The Hall–Kier alpha value is -5.94. The van der Waals surface area contributed by atoms with Crippen LogP contribution in [0.1, 0.15) is 59.8 Å². The predicted octanol–water partition coefficient (Wildman–Crippen LogP) is 8.13. The van der Waals surface area contributed by atoms with Gasteiger partial charge in [-0.25, -0.2) is 38.1 Å². The third-order valence-electron chi connectivity index (χ3n) is 10.0. The molecule has 0 spiro atoms. The van der Waals surface area contributed by atoms with Gasteiger partial charge in [-0.3, -0.25) is 9.59 Å². The fraction of sp³-hybridized carbons (Fsp3) is 0.333. The Labute approximate surface area is 374 Å². The van der Waals surface area contributed by atoms with Crippen molar-refractivity contribution in [3.63, 3.8) is 0 Å². The quantitative estimate of drug-likeness (QED) is 0.106. The number of carboxylic acids is 1. The first kappa shape index (κ1) is 48.5. The minimum atomic E-state index is -4.61. The zero-order valence-electron chi connectivity index (χ0n) is 34.4. The molecule has 2 aliphatic carbocycles. The van der Waals surface area contributed by atoms with Gasteiger partial charge < -0.3 is 16.2 Å². The number of thioether (sulfide) groups is 2.